The van der Waals surface area contributed by atoms with Crippen molar-refractivity contribution in [3.63, 3.8) is 0 Å². The van der Waals surface area contributed by atoms with Crippen LogP contribution in [0.1, 0.15) is 6.92 Å². The Bertz CT molecular complexity index is 516. The van der Waals surface area contributed by atoms with E-state index < -0.39 is 0 Å². The highest BCUT2D eigenvalue weighted by molar-refractivity contribution is 8.00. The lowest BCUT2D eigenvalue weighted by Gasteiger charge is -2.33. The number of ether oxygens (including phenoxy) is 2. The Morgan fingerprint density at radius 2 is 1.77 bits per heavy atom. The third kappa shape index (κ3) is 4.08. The van der Waals surface area contributed by atoms with Crippen molar-refractivity contribution in [2.24, 2.45) is 0 Å². The number of likely N-dealkylation sites (N-methyl/N-ethyl adjacent to an activating group) is 1. The van der Waals surface area contributed by atoms with Gasteiger partial charge in [0.1, 0.15) is 0 Å². The largest absolute Gasteiger partial charge is 0.493 e. The van der Waals surface area contributed by atoms with Crippen LogP contribution in [0.2, 0.25) is 0 Å². The first-order chi connectivity index (χ1) is 10.5. The van der Waals surface area contributed by atoms with Crippen LogP contribution in [0.4, 0.5) is 0 Å². The standard InChI is InChI=1S/C16H24N2O3S/c1-12(16(19)18-9-7-17(2)8-10-18)22-13-5-6-14(20-3)15(11-13)21-4/h5-6,11-12H,7-10H2,1-4H3/t12-/m1/s1. The van der Waals surface area contributed by atoms with Gasteiger partial charge in [0.2, 0.25) is 5.91 Å². The van der Waals surface area contributed by atoms with Gasteiger partial charge in [-0.2, -0.15) is 0 Å². The lowest BCUT2D eigenvalue weighted by atomic mass is 10.3. The molecule has 6 heteroatoms. The number of nitrogens with zero attached hydrogens (tertiary/aromatic N) is 2. The van der Waals surface area contributed by atoms with Gasteiger partial charge in [-0.1, -0.05) is 0 Å². The Hall–Kier alpha value is -1.40. The van der Waals surface area contributed by atoms with E-state index in [9.17, 15) is 4.79 Å². The number of hydrogen-bond acceptors (Lipinski definition) is 5. The zero-order valence-electron chi connectivity index (χ0n) is 13.7. The summed E-state index contributed by atoms with van der Waals surface area (Å²) in [6, 6.07) is 5.74. The maximum atomic E-state index is 12.5. The number of carbonyl (C=O) groups excluding carboxylic acids is 1. The van der Waals surface area contributed by atoms with Crippen molar-refractivity contribution >= 4 is 17.7 Å². The molecule has 0 aromatic heterocycles. The van der Waals surface area contributed by atoms with E-state index in [-0.39, 0.29) is 11.2 Å². The van der Waals surface area contributed by atoms with Crippen molar-refractivity contribution in [2.45, 2.75) is 17.1 Å². The van der Waals surface area contributed by atoms with Crippen LogP contribution < -0.4 is 9.47 Å². The average molecular weight is 324 g/mol. The Morgan fingerprint density at radius 1 is 1.14 bits per heavy atom. The predicted octanol–water partition coefficient (Wildman–Crippen LogP) is 1.96. The molecule has 1 aromatic rings. The minimum Gasteiger partial charge on any atom is -0.493 e. The van der Waals surface area contributed by atoms with Gasteiger partial charge in [-0.15, -0.1) is 11.8 Å². The predicted molar refractivity (Wildman–Crippen MR) is 88.9 cm³/mol. The number of amides is 1. The van der Waals surface area contributed by atoms with Crippen molar-refractivity contribution in [1.29, 1.82) is 0 Å². The number of piperazine rings is 1. The molecule has 1 fully saturated rings. The molecule has 1 aromatic carbocycles. The van der Waals surface area contributed by atoms with Crippen LogP contribution in [0.5, 0.6) is 11.5 Å². The van der Waals surface area contributed by atoms with E-state index in [0.717, 1.165) is 31.1 Å². The second-order valence-electron chi connectivity index (χ2n) is 5.41. The van der Waals surface area contributed by atoms with Gasteiger partial charge in [-0.3, -0.25) is 4.79 Å². The maximum absolute atomic E-state index is 12.5. The topological polar surface area (TPSA) is 42.0 Å². The average Bonchev–Trinajstić information content (AvgIpc) is 2.54. The highest BCUT2D eigenvalue weighted by atomic mass is 32.2. The van der Waals surface area contributed by atoms with Crippen molar-refractivity contribution in [3.8, 4) is 11.5 Å². The molecule has 1 aliphatic heterocycles. The molecule has 0 spiro atoms. The molecule has 1 atom stereocenters. The summed E-state index contributed by atoms with van der Waals surface area (Å²) < 4.78 is 10.5. The van der Waals surface area contributed by atoms with Crippen LogP contribution in [-0.4, -0.2) is 68.4 Å². The smallest absolute Gasteiger partial charge is 0.235 e. The maximum Gasteiger partial charge on any atom is 0.235 e. The molecule has 5 nitrogen and oxygen atoms in total. The lowest BCUT2D eigenvalue weighted by molar-refractivity contribution is -0.131. The van der Waals surface area contributed by atoms with Gasteiger partial charge < -0.3 is 19.3 Å². The van der Waals surface area contributed by atoms with Crippen molar-refractivity contribution in [2.75, 3.05) is 47.4 Å². The molecule has 0 N–H and O–H groups in total. The summed E-state index contributed by atoms with van der Waals surface area (Å²) in [5.74, 6) is 1.59. The third-order valence-corrected chi connectivity index (χ3v) is 4.91. The summed E-state index contributed by atoms with van der Waals surface area (Å²) in [4.78, 5) is 17.7. The monoisotopic (exact) mass is 324 g/mol. The Labute approximate surface area is 136 Å². The van der Waals surface area contributed by atoms with Gasteiger partial charge in [-0.05, 0) is 32.2 Å². The molecule has 122 valence electrons. The fraction of sp³-hybridized carbons (Fsp3) is 0.562. The van der Waals surface area contributed by atoms with Crippen LogP contribution in [0.25, 0.3) is 0 Å². The second-order valence-corrected chi connectivity index (χ2v) is 6.82. The number of methoxy groups -OCH3 is 2. The molecular weight excluding hydrogens is 300 g/mol. The fourth-order valence-corrected chi connectivity index (χ4v) is 3.41. The first kappa shape index (κ1) is 17.0. The zero-order chi connectivity index (χ0) is 16.1. The van der Waals surface area contributed by atoms with Crippen LogP contribution in [-0.2, 0) is 4.79 Å². The highest BCUT2D eigenvalue weighted by Crippen LogP contribution is 2.33. The van der Waals surface area contributed by atoms with Gasteiger partial charge >= 0.3 is 0 Å². The van der Waals surface area contributed by atoms with Gasteiger partial charge in [0.15, 0.2) is 11.5 Å². The SMILES string of the molecule is COc1ccc(S[C@H](C)C(=O)N2CCN(C)CC2)cc1OC. The molecule has 0 radical (unpaired) electrons. The first-order valence-electron chi connectivity index (χ1n) is 7.41. The minimum absolute atomic E-state index is 0.110. The van der Waals surface area contributed by atoms with Gasteiger partial charge in [-0.25, -0.2) is 0 Å². The summed E-state index contributed by atoms with van der Waals surface area (Å²) >= 11 is 1.55. The normalized spacial score (nSPS) is 17.2. The molecule has 1 heterocycles. The summed E-state index contributed by atoms with van der Waals surface area (Å²) in [7, 11) is 5.32. The third-order valence-electron chi connectivity index (χ3n) is 3.83. The van der Waals surface area contributed by atoms with Crippen LogP contribution in [0.3, 0.4) is 0 Å². The first-order valence-corrected chi connectivity index (χ1v) is 8.29. The van der Waals surface area contributed by atoms with E-state index in [0.29, 0.717) is 11.5 Å². The minimum atomic E-state index is -0.110. The molecule has 22 heavy (non-hydrogen) atoms. The zero-order valence-corrected chi connectivity index (χ0v) is 14.5. The number of thioether (sulfide) groups is 1. The van der Waals surface area contributed by atoms with Crippen molar-refractivity contribution in [3.05, 3.63) is 18.2 Å². The van der Waals surface area contributed by atoms with Gasteiger partial charge in [0.25, 0.3) is 0 Å². The molecule has 1 amide bonds. The van der Waals surface area contributed by atoms with Crippen molar-refractivity contribution in [1.82, 2.24) is 9.80 Å². The van der Waals surface area contributed by atoms with Gasteiger partial charge in [0.05, 0.1) is 19.5 Å². The van der Waals surface area contributed by atoms with E-state index in [1.807, 2.05) is 30.0 Å². The summed E-state index contributed by atoms with van der Waals surface area (Å²) in [6.45, 7) is 5.47. The summed E-state index contributed by atoms with van der Waals surface area (Å²) in [6.07, 6.45) is 0. The molecule has 0 saturated carbocycles. The van der Waals surface area contributed by atoms with Crippen molar-refractivity contribution < 1.29 is 14.3 Å². The number of rotatable bonds is 5. The molecule has 0 bridgehead atoms. The highest BCUT2D eigenvalue weighted by Gasteiger charge is 2.24. The van der Waals surface area contributed by atoms with Crippen LogP contribution in [0, 0.1) is 0 Å². The van der Waals surface area contributed by atoms with Crippen LogP contribution >= 0.6 is 11.8 Å². The molecule has 0 unspecified atom stereocenters. The molecular formula is C16H24N2O3S. The van der Waals surface area contributed by atoms with E-state index in [4.69, 9.17) is 9.47 Å². The Kier molecular flexibility index (Phi) is 5.97. The van der Waals surface area contributed by atoms with Crippen LogP contribution in [0.15, 0.2) is 23.1 Å². The number of carbonyl (C=O) groups is 1. The molecule has 1 aliphatic rings. The van der Waals surface area contributed by atoms with E-state index >= 15 is 0 Å². The van der Waals surface area contributed by atoms with E-state index in [1.165, 1.54) is 0 Å². The number of hydrogen-bond donors (Lipinski definition) is 0. The fourth-order valence-electron chi connectivity index (χ4n) is 2.43. The van der Waals surface area contributed by atoms with Gasteiger partial charge in [0, 0.05) is 31.1 Å². The summed E-state index contributed by atoms with van der Waals surface area (Å²) in [5, 5.41) is -0.110. The van der Waals surface area contributed by atoms with E-state index in [1.54, 1.807) is 26.0 Å². The van der Waals surface area contributed by atoms with E-state index in [2.05, 4.69) is 11.9 Å². The number of benzene rings is 1. The summed E-state index contributed by atoms with van der Waals surface area (Å²) in [5.41, 5.74) is 0. The molecule has 1 saturated heterocycles. The quantitative estimate of drug-likeness (QED) is 0.775. The molecule has 0 aliphatic carbocycles. The lowest BCUT2D eigenvalue weighted by Crippen LogP contribution is -2.49. The second kappa shape index (κ2) is 7.74. The Morgan fingerprint density at radius 3 is 2.36 bits per heavy atom. The molecule has 2 rings (SSSR count). The Balaban J connectivity index is 1.99.